The molecule has 1 aromatic heterocycles. The molecule has 0 radical (unpaired) electrons. The molecule has 0 unspecified atom stereocenters. The third-order valence-corrected chi connectivity index (χ3v) is 8.09. The second-order valence-electron chi connectivity index (χ2n) is 12.6. The summed E-state index contributed by atoms with van der Waals surface area (Å²) in [6, 6.07) is 29.5. The number of hydrogen-bond acceptors (Lipinski definition) is 5. The molecule has 2 amide bonds. The number of hydrogen-bond donors (Lipinski definition) is 0. The van der Waals surface area contributed by atoms with E-state index >= 15 is 0 Å². The summed E-state index contributed by atoms with van der Waals surface area (Å²) in [7, 11) is 1.60. The van der Waals surface area contributed by atoms with E-state index in [-0.39, 0.29) is 18.0 Å². The van der Waals surface area contributed by atoms with Gasteiger partial charge in [-0.2, -0.15) is 0 Å². The number of benzene rings is 3. The molecule has 1 fully saturated rings. The Bertz CT molecular complexity index is 1540. The number of carbonyl (C=O) groups is 2. The van der Waals surface area contributed by atoms with Crippen LogP contribution in [0.1, 0.15) is 74.4 Å². The summed E-state index contributed by atoms with van der Waals surface area (Å²) in [6.07, 6.45) is 7.02. The largest absolute Gasteiger partial charge is 0.497 e. The molecule has 3 aromatic carbocycles. The van der Waals surface area contributed by atoms with Crippen molar-refractivity contribution in [3.63, 3.8) is 0 Å². The minimum absolute atomic E-state index is 0.135. The van der Waals surface area contributed by atoms with Crippen LogP contribution < -0.4 is 9.64 Å². The number of methoxy groups -OCH3 is 1. The van der Waals surface area contributed by atoms with Gasteiger partial charge in [-0.25, -0.2) is 9.78 Å². The van der Waals surface area contributed by atoms with E-state index in [0.717, 1.165) is 47.9 Å². The van der Waals surface area contributed by atoms with Gasteiger partial charge in [-0.1, -0.05) is 73.9 Å². The molecule has 45 heavy (non-hydrogen) atoms. The highest BCUT2D eigenvalue weighted by atomic mass is 16.6. The number of aromatic nitrogens is 1. The zero-order valence-electron chi connectivity index (χ0n) is 26.7. The van der Waals surface area contributed by atoms with E-state index in [2.05, 4.69) is 41.4 Å². The van der Waals surface area contributed by atoms with E-state index in [4.69, 9.17) is 9.47 Å². The van der Waals surface area contributed by atoms with Gasteiger partial charge < -0.3 is 14.4 Å². The summed E-state index contributed by atoms with van der Waals surface area (Å²) in [4.78, 5) is 34.8. The maximum atomic E-state index is 13.6. The monoisotopic (exact) mass is 605 g/mol. The standard InChI is InChI=1S/C38H43N3O4/c1-38(2,3)45-37(43)40(33-10-6-5-7-11-33)26-28-13-17-30(18-14-28)31-19-15-29(16-20-31)27-41(35-12-8-9-25-39-35)36(42)32-21-23-34(44-4)24-22-32/h8-9,12-25,33H,5-7,10-11,26-27H2,1-4H3. The maximum absolute atomic E-state index is 13.6. The van der Waals surface area contributed by atoms with Crippen LogP contribution in [0.5, 0.6) is 5.75 Å². The highest BCUT2D eigenvalue weighted by molar-refractivity contribution is 6.05. The lowest BCUT2D eigenvalue weighted by atomic mass is 9.94. The van der Waals surface area contributed by atoms with Crippen molar-refractivity contribution in [2.24, 2.45) is 0 Å². The lowest BCUT2D eigenvalue weighted by Crippen LogP contribution is -2.43. The minimum atomic E-state index is -0.530. The molecule has 1 aliphatic carbocycles. The Morgan fingerprint density at radius 1 is 0.778 bits per heavy atom. The SMILES string of the molecule is COc1ccc(C(=O)N(Cc2ccc(-c3ccc(CN(C(=O)OC(C)(C)C)C4CCCCC4)cc3)cc2)c2ccccn2)cc1. The van der Waals surface area contributed by atoms with Crippen molar-refractivity contribution in [2.75, 3.05) is 12.0 Å². The topological polar surface area (TPSA) is 72.0 Å². The van der Waals surface area contributed by atoms with Gasteiger partial charge in [-0.3, -0.25) is 9.69 Å². The second kappa shape index (κ2) is 14.4. The molecule has 7 nitrogen and oxygen atoms in total. The average molecular weight is 606 g/mol. The third kappa shape index (κ3) is 8.50. The Hall–Kier alpha value is -4.65. The van der Waals surface area contributed by atoms with Gasteiger partial charge in [-0.05, 0) is 92.3 Å². The predicted octanol–water partition coefficient (Wildman–Crippen LogP) is 8.67. The Morgan fingerprint density at radius 3 is 1.91 bits per heavy atom. The smallest absolute Gasteiger partial charge is 0.410 e. The van der Waals surface area contributed by atoms with Crippen molar-refractivity contribution in [3.05, 3.63) is 114 Å². The number of amides is 2. The molecule has 0 spiro atoms. The molecule has 5 rings (SSSR count). The molecule has 1 aliphatic rings. The molecule has 234 valence electrons. The highest BCUT2D eigenvalue weighted by Gasteiger charge is 2.29. The molecule has 0 N–H and O–H groups in total. The minimum Gasteiger partial charge on any atom is -0.497 e. The van der Waals surface area contributed by atoms with Crippen LogP contribution in [0.3, 0.4) is 0 Å². The maximum Gasteiger partial charge on any atom is 0.410 e. The quantitative estimate of drug-likeness (QED) is 0.191. The Morgan fingerprint density at radius 2 is 1.38 bits per heavy atom. The van der Waals surface area contributed by atoms with E-state index < -0.39 is 5.60 Å². The van der Waals surface area contributed by atoms with Gasteiger partial charge in [0.05, 0.1) is 13.7 Å². The normalized spacial score (nSPS) is 13.6. The van der Waals surface area contributed by atoms with Gasteiger partial charge in [0.25, 0.3) is 5.91 Å². The van der Waals surface area contributed by atoms with Gasteiger partial charge in [0.1, 0.15) is 17.2 Å². The molecule has 0 aliphatic heterocycles. The van der Waals surface area contributed by atoms with Crippen molar-refractivity contribution >= 4 is 17.8 Å². The first-order valence-electron chi connectivity index (χ1n) is 15.7. The van der Waals surface area contributed by atoms with Crippen LogP contribution in [0, 0.1) is 0 Å². The first kappa shape index (κ1) is 31.8. The van der Waals surface area contributed by atoms with Gasteiger partial charge >= 0.3 is 6.09 Å². The van der Waals surface area contributed by atoms with E-state index in [9.17, 15) is 9.59 Å². The Labute approximate surface area is 266 Å². The molecular formula is C38H43N3O4. The van der Waals surface area contributed by atoms with Crippen LogP contribution in [0.2, 0.25) is 0 Å². The number of ether oxygens (including phenoxy) is 2. The van der Waals surface area contributed by atoms with Crippen LogP contribution in [-0.2, 0) is 17.8 Å². The fraction of sp³-hybridized carbons (Fsp3) is 0.342. The highest BCUT2D eigenvalue weighted by Crippen LogP contribution is 2.28. The Balaban J connectivity index is 1.29. The fourth-order valence-electron chi connectivity index (χ4n) is 5.70. The van der Waals surface area contributed by atoms with E-state index in [0.29, 0.717) is 30.2 Å². The molecular weight excluding hydrogens is 562 g/mol. The van der Waals surface area contributed by atoms with Gasteiger partial charge in [0, 0.05) is 24.3 Å². The third-order valence-electron chi connectivity index (χ3n) is 8.09. The second-order valence-corrected chi connectivity index (χ2v) is 12.6. The summed E-state index contributed by atoms with van der Waals surface area (Å²) in [5.74, 6) is 1.15. The molecule has 0 bridgehead atoms. The summed E-state index contributed by atoms with van der Waals surface area (Å²) in [5, 5.41) is 0. The van der Waals surface area contributed by atoms with Crippen molar-refractivity contribution in [3.8, 4) is 16.9 Å². The van der Waals surface area contributed by atoms with Crippen LogP contribution in [0.25, 0.3) is 11.1 Å². The Kier molecular flexibility index (Phi) is 10.2. The van der Waals surface area contributed by atoms with Crippen LogP contribution in [0.4, 0.5) is 10.6 Å². The van der Waals surface area contributed by atoms with Crippen LogP contribution in [0.15, 0.2) is 97.2 Å². The van der Waals surface area contributed by atoms with Gasteiger partial charge in [-0.15, -0.1) is 0 Å². The van der Waals surface area contributed by atoms with Crippen LogP contribution >= 0.6 is 0 Å². The fourth-order valence-corrected chi connectivity index (χ4v) is 5.70. The lowest BCUT2D eigenvalue weighted by Gasteiger charge is -2.35. The number of rotatable bonds is 9. The number of nitrogens with zero attached hydrogens (tertiary/aromatic N) is 3. The number of anilines is 1. The van der Waals surface area contributed by atoms with Crippen LogP contribution in [-0.4, -0.2) is 40.6 Å². The zero-order valence-corrected chi connectivity index (χ0v) is 26.7. The summed E-state index contributed by atoms with van der Waals surface area (Å²) >= 11 is 0. The summed E-state index contributed by atoms with van der Waals surface area (Å²) in [5.41, 5.74) is 4.26. The van der Waals surface area contributed by atoms with Gasteiger partial charge in [0.2, 0.25) is 0 Å². The van der Waals surface area contributed by atoms with Crippen molar-refractivity contribution in [2.45, 2.75) is 77.6 Å². The van der Waals surface area contributed by atoms with Crippen molar-refractivity contribution in [1.29, 1.82) is 0 Å². The van der Waals surface area contributed by atoms with Crippen molar-refractivity contribution < 1.29 is 19.1 Å². The zero-order chi connectivity index (χ0) is 31.8. The first-order chi connectivity index (χ1) is 21.7. The molecule has 0 atom stereocenters. The predicted molar refractivity (Wildman–Crippen MR) is 178 cm³/mol. The first-order valence-corrected chi connectivity index (χ1v) is 15.7. The molecule has 1 heterocycles. The molecule has 4 aromatic rings. The van der Waals surface area contributed by atoms with Crippen molar-refractivity contribution in [1.82, 2.24) is 9.88 Å². The summed E-state index contributed by atoms with van der Waals surface area (Å²) in [6.45, 7) is 6.66. The average Bonchev–Trinajstić information content (AvgIpc) is 3.06. The lowest BCUT2D eigenvalue weighted by molar-refractivity contribution is 0.00987. The molecule has 1 saturated carbocycles. The van der Waals surface area contributed by atoms with E-state index in [1.54, 1.807) is 42.5 Å². The van der Waals surface area contributed by atoms with E-state index in [1.807, 2.05) is 56.0 Å². The molecule has 0 saturated heterocycles. The molecule has 7 heteroatoms. The number of carbonyl (C=O) groups excluding carboxylic acids is 2. The number of pyridine rings is 1. The van der Waals surface area contributed by atoms with E-state index in [1.165, 1.54) is 6.42 Å². The summed E-state index contributed by atoms with van der Waals surface area (Å²) < 4.78 is 11.0. The van der Waals surface area contributed by atoms with Gasteiger partial charge in [0.15, 0.2) is 0 Å².